The molecule has 0 aliphatic carbocycles. The Kier molecular flexibility index (Phi) is 3.25. The van der Waals surface area contributed by atoms with Crippen LogP contribution < -0.4 is 10.7 Å². The summed E-state index contributed by atoms with van der Waals surface area (Å²) < 4.78 is 5.25. The minimum atomic E-state index is 0.000363. The highest BCUT2D eigenvalue weighted by Gasteiger charge is 2.00. The molecule has 16 heavy (non-hydrogen) atoms. The lowest BCUT2D eigenvalue weighted by Gasteiger charge is -2.05. The maximum absolute atomic E-state index is 11.6. The second-order valence-corrected chi connectivity index (χ2v) is 3.78. The molecule has 1 heterocycles. The van der Waals surface area contributed by atoms with Crippen molar-refractivity contribution in [1.82, 2.24) is 0 Å². The third-order valence-corrected chi connectivity index (χ3v) is 2.52. The molecule has 1 N–H and O–H groups in total. The lowest BCUT2D eigenvalue weighted by Crippen LogP contribution is -2.03. The van der Waals surface area contributed by atoms with Gasteiger partial charge in [0.05, 0.1) is 11.6 Å². The summed E-state index contributed by atoms with van der Waals surface area (Å²) in [5, 5.41) is 3.91. The molecule has 1 aromatic carbocycles. The average Bonchev–Trinajstić information content (AvgIpc) is 2.30. The molecule has 2 aromatic rings. The fraction of sp³-hybridized carbons (Fsp3) is 0.308. The van der Waals surface area contributed by atoms with Crippen LogP contribution in [0.2, 0.25) is 0 Å². The standard InChI is InChI=1S/C13H15NO2/c1-2-3-7-14-10-4-5-13-11(9-10)12(15)6-8-16-13/h4-6,8-9,14H,2-3,7H2,1H3. The predicted molar refractivity (Wildman–Crippen MR) is 65.9 cm³/mol. The molecule has 0 saturated heterocycles. The van der Waals surface area contributed by atoms with Crippen molar-refractivity contribution in [3.8, 4) is 0 Å². The van der Waals surface area contributed by atoms with Crippen LogP contribution in [-0.4, -0.2) is 6.54 Å². The van der Waals surface area contributed by atoms with Gasteiger partial charge in [0.1, 0.15) is 5.58 Å². The number of benzene rings is 1. The lowest BCUT2D eigenvalue weighted by atomic mass is 10.2. The second-order valence-electron chi connectivity index (χ2n) is 3.78. The van der Waals surface area contributed by atoms with Gasteiger partial charge in [-0.1, -0.05) is 13.3 Å². The van der Waals surface area contributed by atoms with Crippen molar-refractivity contribution < 1.29 is 4.42 Å². The van der Waals surface area contributed by atoms with Gasteiger partial charge in [-0.2, -0.15) is 0 Å². The van der Waals surface area contributed by atoms with Gasteiger partial charge < -0.3 is 9.73 Å². The van der Waals surface area contributed by atoms with Crippen LogP contribution in [-0.2, 0) is 0 Å². The molecule has 0 fully saturated rings. The van der Waals surface area contributed by atoms with Crippen LogP contribution in [0, 0.1) is 0 Å². The monoisotopic (exact) mass is 217 g/mol. The van der Waals surface area contributed by atoms with Crippen molar-refractivity contribution in [2.75, 3.05) is 11.9 Å². The Morgan fingerprint density at radius 2 is 2.19 bits per heavy atom. The van der Waals surface area contributed by atoms with Gasteiger partial charge in [-0.25, -0.2) is 0 Å². The van der Waals surface area contributed by atoms with Crippen LogP contribution in [0.5, 0.6) is 0 Å². The molecule has 0 aliphatic heterocycles. The number of unbranched alkanes of at least 4 members (excludes halogenated alkanes) is 1. The van der Waals surface area contributed by atoms with Crippen molar-refractivity contribution in [2.24, 2.45) is 0 Å². The van der Waals surface area contributed by atoms with Gasteiger partial charge >= 0.3 is 0 Å². The van der Waals surface area contributed by atoms with Crippen LogP contribution in [0.1, 0.15) is 19.8 Å². The van der Waals surface area contributed by atoms with Crippen LogP contribution in [0.3, 0.4) is 0 Å². The zero-order valence-electron chi connectivity index (χ0n) is 9.32. The van der Waals surface area contributed by atoms with Gasteiger partial charge in [-0.3, -0.25) is 4.79 Å². The second kappa shape index (κ2) is 4.84. The van der Waals surface area contributed by atoms with Gasteiger partial charge in [0.25, 0.3) is 0 Å². The van der Waals surface area contributed by atoms with Gasteiger partial charge in [0, 0.05) is 18.3 Å². The molecule has 84 valence electrons. The van der Waals surface area contributed by atoms with E-state index in [1.807, 2.05) is 18.2 Å². The number of nitrogens with one attached hydrogen (secondary N) is 1. The van der Waals surface area contributed by atoms with E-state index < -0.39 is 0 Å². The minimum absolute atomic E-state index is 0.000363. The normalized spacial score (nSPS) is 10.6. The molecule has 0 aliphatic rings. The number of fused-ring (bicyclic) bond motifs is 1. The first kappa shape index (κ1) is 10.7. The van der Waals surface area contributed by atoms with E-state index in [4.69, 9.17) is 4.42 Å². The number of rotatable bonds is 4. The zero-order valence-corrected chi connectivity index (χ0v) is 9.32. The zero-order chi connectivity index (χ0) is 11.4. The van der Waals surface area contributed by atoms with Gasteiger partial charge in [-0.15, -0.1) is 0 Å². The summed E-state index contributed by atoms with van der Waals surface area (Å²) >= 11 is 0. The SMILES string of the molecule is CCCCNc1ccc2occc(=O)c2c1. The van der Waals surface area contributed by atoms with E-state index in [1.54, 1.807) is 0 Å². The summed E-state index contributed by atoms with van der Waals surface area (Å²) in [6, 6.07) is 7.04. The molecule has 1 aromatic heterocycles. The molecule has 0 unspecified atom stereocenters. The van der Waals surface area contributed by atoms with Crippen LogP contribution in [0.15, 0.2) is 39.7 Å². The predicted octanol–water partition coefficient (Wildman–Crippen LogP) is 3.01. The molecule has 0 bridgehead atoms. The molecule has 0 atom stereocenters. The van der Waals surface area contributed by atoms with E-state index in [9.17, 15) is 4.79 Å². The van der Waals surface area contributed by atoms with E-state index in [0.717, 1.165) is 25.1 Å². The number of hydrogen-bond acceptors (Lipinski definition) is 3. The summed E-state index contributed by atoms with van der Waals surface area (Å²) in [4.78, 5) is 11.6. The highest BCUT2D eigenvalue weighted by atomic mass is 16.3. The molecular formula is C13H15NO2. The topological polar surface area (TPSA) is 42.2 Å². The highest BCUT2D eigenvalue weighted by molar-refractivity contribution is 5.80. The minimum Gasteiger partial charge on any atom is -0.464 e. The Balaban J connectivity index is 2.29. The van der Waals surface area contributed by atoms with Crippen molar-refractivity contribution >= 4 is 16.7 Å². The molecule has 0 radical (unpaired) electrons. The van der Waals surface area contributed by atoms with Crippen molar-refractivity contribution in [3.05, 3.63) is 40.8 Å². The third kappa shape index (κ3) is 2.24. The molecular weight excluding hydrogens is 202 g/mol. The first-order chi connectivity index (χ1) is 7.81. The Labute approximate surface area is 94.1 Å². The molecule has 3 heteroatoms. The molecule has 0 spiro atoms. The summed E-state index contributed by atoms with van der Waals surface area (Å²) in [6.45, 7) is 3.08. The summed E-state index contributed by atoms with van der Waals surface area (Å²) in [5.41, 5.74) is 1.60. The van der Waals surface area contributed by atoms with Crippen molar-refractivity contribution in [1.29, 1.82) is 0 Å². The van der Waals surface area contributed by atoms with Gasteiger partial charge in [0.15, 0.2) is 5.43 Å². The first-order valence-corrected chi connectivity index (χ1v) is 5.56. The van der Waals surface area contributed by atoms with E-state index in [2.05, 4.69) is 12.2 Å². The summed E-state index contributed by atoms with van der Waals surface area (Å²) in [5.74, 6) is 0. The maximum atomic E-state index is 11.6. The fourth-order valence-corrected chi connectivity index (χ4v) is 1.60. The summed E-state index contributed by atoms with van der Waals surface area (Å²) in [6.07, 6.45) is 3.71. The lowest BCUT2D eigenvalue weighted by molar-refractivity contribution is 0.602. The van der Waals surface area contributed by atoms with Gasteiger partial charge in [0.2, 0.25) is 0 Å². The van der Waals surface area contributed by atoms with Gasteiger partial charge in [-0.05, 0) is 24.6 Å². The number of hydrogen-bond donors (Lipinski definition) is 1. The molecule has 0 saturated carbocycles. The Bertz CT molecular complexity index is 531. The van der Waals surface area contributed by atoms with Crippen LogP contribution in [0.25, 0.3) is 11.0 Å². The van der Waals surface area contributed by atoms with E-state index in [0.29, 0.717) is 11.0 Å². The van der Waals surface area contributed by atoms with E-state index in [-0.39, 0.29) is 5.43 Å². The van der Waals surface area contributed by atoms with E-state index in [1.165, 1.54) is 12.3 Å². The highest BCUT2D eigenvalue weighted by Crippen LogP contribution is 2.15. The first-order valence-electron chi connectivity index (χ1n) is 5.56. The quantitative estimate of drug-likeness (QED) is 0.800. The molecule has 3 nitrogen and oxygen atoms in total. The van der Waals surface area contributed by atoms with Crippen LogP contribution >= 0.6 is 0 Å². The smallest absolute Gasteiger partial charge is 0.192 e. The third-order valence-electron chi connectivity index (χ3n) is 2.52. The largest absolute Gasteiger partial charge is 0.464 e. The van der Waals surface area contributed by atoms with E-state index >= 15 is 0 Å². The fourth-order valence-electron chi connectivity index (χ4n) is 1.60. The van der Waals surface area contributed by atoms with Crippen LogP contribution in [0.4, 0.5) is 5.69 Å². The summed E-state index contributed by atoms with van der Waals surface area (Å²) in [7, 11) is 0. The maximum Gasteiger partial charge on any atom is 0.192 e. The Hall–Kier alpha value is -1.77. The Morgan fingerprint density at radius 3 is 3.00 bits per heavy atom. The number of anilines is 1. The molecule has 2 rings (SSSR count). The molecule has 0 amide bonds. The van der Waals surface area contributed by atoms with Crippen molar-refractivity contribution in [3.63, 3.8) is 0 Å². The van der Waals surface area contributed by atoms with Crippen molar-refractivity contribution in [2.45, 2.75) is 19.8 Å². The average molecular weight is 217 g/mol. The Morgan fingerprint density at radius 1 is 1.31 bits per heavy atom.